The number of rotatable bonds is 5. The van der Waals surface area contributed by atoms with Gasteiger partial charge in [0.15, 0.2) is 0 Å². The lowest BCUT2D eigenvalue weighted by molar-refractivity contribution is 0.417. The molecule has 1 heterocycles. The van der Waals surface area contributed by atoms with Crippen molar-refractivity contribution >= 4 is 31.6 Å². The van der Waals surface area contributed by atoms with Crippen molar-refractivity contribution in [3.8, 4) is 5.75 Å². The Labute approximate surface area is 131 Å². The molecule has 0 amide bonds. The van der Waals surface area contributed by atoms with Crippen molar-refractivity contribution in [2.24, 2.45) is 5.73 Å². The van der Waals surface area contributed by atoms with Crippen LogP contribution < -0.4 is 15.2 Å². The van der Waals surface area contributed by atoms with Gasteiger partial charge in [0.1, 0.15) is 5.75 Å². The van der Waals surface area contributed by atoms with Gasteiger partial charge in [0.25, 0.3) is 10.0 Å². The Morgan fingerprint density at radius 1 is 1.48 bits per heavy atom. The average Bonchev–Trinajstić information content (AvgIpc) is 2.80. The van der Waals surface area contributed by atoms with E-state index in [0.717, 1.165) is 4.47 Å². The number of ether oxygens (including phenoxy) is 1. The van der Waals surface area contributed by atoms with Crippen LogP contribution in [0.5, 0.6) is 5.75 Å². The maximum absolute atomic E-state index is 12.5. The van der Waals surface area contributed by atoms with Crippen LogP contribution in [-0.4, -0.2) is 25.7 Å². The van der Waals surface area contributed by atoms with Gasteiger partial charge >= 0.3 is 0 Å². The van der Waals surface area contributed by atoms with E-state index >= 15 is 0 Å². The standard InChI is InChI=1S/C12H15BrN4O3S/c1-7-9(6-14)12(16-15-7)21(18,19)17-10-5-8(13)3-4-11(10)20-2/h3-5,17H,6,14H2,1-2H3,(H,15,16). The number of nitrogens with zero attached hydrogens (tertiary/aromatic N) is 1. The monoisotopic (exact) mass is 374 g/mol. The summed E-state index contributed by atoms with van der Waals surface area (Å²) >= 11 is 3.29. The minimum absolute atomic E-state index is 0.0776. The first-order valence-electron chi connectivity index (χ1n) is 5.99. The summed E-state index contributed by atoms with van der Waals surface area (Å²) < 4.78 is 33.2. The molecule has 2 rings (SSSR count). The molecule has 9 heteroatoms. The highest BCUT2D eigenvalue weighted by molar-refractivity contribution is 9.10. The quantitative estimate of drug-likeness (QED) is 0.738. The number of hydrogen-bond acceptors (Lipinski definition) is 5. The number of hydrogen-bond donors (Lipinski definition) is 3. The second-order valence-corrected chi connectivity index (χ2v) is 6.80. The van der Waals surface area contributed by atoms with Gasteiger partial charge in [0, 0.05) is 22.3 Å². The molecule has 4 N–H and O–H groups in total. The Balaban J connectivity index is 2.44. The Morgan fingerprint density at radius 3 is 2.81 bits per heavy atom. The van der Waals surface area contributed by atoms with Crippen LogP contribution in [0, 0.1) is 6.92 Å². The summed E-state index contributed by atoms with van der Waals surface area (Å²) in [6.07, 6.45) is 0. The van der Waals surface area contributed by atoms with E-state index in [2.05, 4.69) is 30.8 Å². The largest absolute Gasteiger partial charge is 0.495 e. The predicted molar refractivity (Wildman–Crippen MR) is 82.7 cm³/mol. The van der Waals surface area contributed by atoms with Crippen molar-refractivity contribution in [3.63, 3.8) is 0 Å². The number of nitrogens with two attached hydrogens (primary N) is 1. The molecular formula is C12H15BrN4O3S. The fourth-order valence-corrected chi connectivity index (χ4v) is 3.48. The average molecular weight is 375 g/mol. The second-order valence-electron chi connectivity index (χ2n) is 4.29. The third kappa shape index (κ3) is 3.20. The molecule has 0 spiro atoms. The van der Waals surface area contributed by atoms with E-state index in [4.69, 9.17) is 10.5 Å². The highest BCUT2D eigenvalue weighted by Crippen LogP contribution is 2.30. The van der Waals surface area contributed by atoms with Crippen LogP contribution >= 0.6 is 15.9 Å². The van der Waals surface area contributed by atoms with Crippen LogP contribution in [0.15, 0.2) is 27.7 Å². The molecule has 0 saturated heterocycles. The van der Waals surface area contributed by atoms with Crippen LogP contribution in [-0.2, 0) is 16.6 Å². The van der Waals surface area contributed by atoms with Gasteiger partial charge in [-0.05, 0) is 25.1 Å². The number of anilines is 1. The maximum Gasteiger partial charge on any atom is 0.281 e. The molecule has 7 nitrogen and oxygen atoms in total. The first-order valence-corrected chi connectivity index (χ1v) is 8.27. The molecule has 0 aliphatic heterocycles. The molecule has 114 valence electrons. The molecule has 0 aliphatic rings. The van der Waals surface area contributed by atoms with Gasteiger partial charge in [-0.2, -0.15) is 13.5 Å². The van der Waals surface area contributed by atoms with Crippen molar-refractivity contribution in [1.29, 1.82) is 0 Å². The van der Waals surface area contributed by atoms with E-state index in [9.17, 15) is 8.42 Å². The fourth-order valence-electron chi connectivity index (χ4n) is 1.85. The van der Waals surface area contributed by atoms with E-state index in [-0.39, 0.29) is 11.6 Å². The number of nitrogens with one attached hydrogen (secondary N) is 2. The molecule has 0 saturated carbocycles. The van der Waals surface area contributed by atoms with Gasteiger partial charge in [-0.3, -0.25) is 9.82 Å². The van der Waals surface area contributed by atoms with Crippen molar-refractivity contribution in [2.75, 3.05) is 11.8 Å². The number of aromatic amines is 1. The van der Waals surface area contributed by atoms with E-state index in [0.29, 0.717) is 22.7 Å². The third-order valence-corrected chi connectivity index (χ3v) is 4.73. The summed E-state index contributed by atoms with van der Waals surface area (Å²) in [6, 6.07) is 5.01. The minimum Gasteiger partial charge on any atom is -0.495 e. The lowest BCUT2D eigenvalue weighted by Crippen LogP contribution is -2.17. The lowest BCUT2D eigenvalue weighted by atomic mass is 10.3. The van der Waals surface area contributed by atoms with Gasteiger partial charge in [0.05, 0.1) is 12.8 Å². The van der Waals surface area contributed by atoms with Gasteiger partial charge in [-0.25, -0.2) is 0 Å². The molecule has 0 unspecified atom stereocenters. The van der Waals surface area contributed by atoms with Gasteiger partial charge in [0.2, 0.25) is 5.03 Å². The third-order valence-electron chi connectivity index (χ3n) is 2.90. The maximum atomic E-state index is 12.5. The molecular weight excluding hydrogens is 360 g/mol. The van der Waals surface area contributed by atoms with E-state index in [1.54, 1.807) is 25.1 Å². The van der Waals surface area contributed by atoms with Crippen LogP contribution in [0.4, 0.5) is 5.69 Å². The summed E-state index contributed by atoms with van der Waals surface area (Å²) in [5, 5.41) is 6.35. The fraction of sp³-hybridized carbons (Fsp3) is 0.250. The van der Waals surface area contributed by atoms with Crippen molar-refractivity contribution < 1.29 is 13.2 Å². The SMILES string of the molecule is COc1ccc(Br)cc1NS(=O)(=O)c1n[nH]c(C)c1CN. The molecule has 2 aromatic rings. The van der Waals surface area contributed by atoms with Crippen LogP contribution in [0.25, 0.3) is 0 Å². The first-order chi connectivity index (χ1) is 9.89. The molecule has 0 fully saturated rings. The molecule has 0 radical (unpaired) electrons. The van der Waals surface area contributed by atoms with Gasteiger partial charge in [-0.15, -0.1) is 0 Å². The van der Waals surface area contributed by atoms with Gasteiger partial charge in [-0.1, -0.05) is 15.9 Å². The Morgan fingerprint density at radius 2 is 2.19 bits per heavy atom. The molecule has 0 bridgehead atoms. The number of sulfonamides is 1. The Hall–Kier alpha value is -1.58. The van der Waals surface area contributed by atoms with Crippen molar-refractivity contribution in [3.05, 3.63) is 33.9 Å². The number of methoxy groups -OCH3 is 1. The summed E-state index contributed by atoms with van der Waals surface area (Å²) in [5.74, 6) is 0.406. The first kappa shape index (κ1) is 15.8. The number of H-pyrrole nitrogens is 1. The summed E-state index contributed by atoms with van der Waals surface area (Å²) in [6.45, 7) is 1.79. The molecule has 21 heavy (non-hydrogen) atoms. The molecule has 0 atom stereocenters. The zero-order chi connectivity index (χ0) is 15.6. The topological polar surface area (TPSA) is 110 Å². The second kappa shape index (κ2) is 6.04. The summed E-state index contributed by atoms with van der Waals surface area (Å²) in [4.78, 5) is 0. The Bertz CT molecular complexity index is 758. The van der Waals surface area contributed by atoms with E-state index < -0.39 is 10.0 Å². The predicted octanol–water partition coefficient (Wildman–Crippen LogP) is 1.75. The van der Waals surface area contributed by atoms with Crippen molar-refractivity contribution in [1.82, 2.24) is 10.2 Å². The van der Waals surface area contributed by atoms with Crippen LogP contribution in [0.3, 0.4) is 0 Å². The van der Waals surface area contributed by atoms with Crippen LogP contribution in [0.2, 0.25) is 0 Å². The number of benzene rings is 1. The van der Waals surface area contributed by atoms with Crippen LogP contribution in [0.1, 0.15) is 11.3 Å². The zero-order valence-electron chi connectivity index (χ0n) is 11.5. The Kier molecular flexibility index (Phi) is 4.55. The van der Waals surface area contributed by atoms with Gasteiger partial charge < -0.3 is 10.5 Å². The minimum atomic E-state index is -3.86. The van der Waals surface area contributed by atoms with Crippen molar-refractivity contribution in [2.45, 2.75) is 18.5 Å². The van der Waals surface area contributed by atoms with E-state index in [1.807, 2.05) is 0 Å². The number of aryl methyl sites for hydroxylation is 1. The zero-order valence-corrected chi connectivity index (χ0v) is 13.9. The molecule has 0 aliphatic carbocycles. The molecule has 1 aromatic carbocycles. The number of halogens is 1. The van der Waals surface area contributed by atoms with E-state index in [1.165, 1.54) is 7.11 Å². The highest BCUT2D eigenvalue weighted by Gasteiger charge is 2.24. The normalized spacial score (nSPS) is 11.4. The lowest BCUT2D eigenvalue weighted by Gasteiger charge is -2.11. The number of aromatic nitrogens is 2. The smallest absolute Gasteiger partial charge is 0.281 e. The summed E-state index contributed by atoms with van der Waals surface area (Å²) in [5.41, 5.74) is 6.98. The molecule has 1 aromatic heterocycles. The highest BCUT2D eigenvalue weighted by atomic mass is 79.9. The summed E-state index contributed by atoms with van der Waals surface area (Å²) in [7, 11) is -2.39.